The van der Waals surface area contributed by atoms with Crippen molar-refractivity contribution < 1.29 is 4.79 Å². The average Bonchev–Trinajstić information content (AvgIpc) is 2.46. The van der Waals surface area contributed by atoms with Crippen molar-refractivity contribution in [3.63, 3.8) is 0 Å². The van der Waals surface area contributed by atoms with Crippen LogP contribution < -0.4 is 10.6 Å². The van der Waals surface area contributed by atoms with Crippen molar-refractivity contribution in [3.05, 3.63) is 63.1 Å². The number of hydrogen-bond donors (Lipinski definition) is 1. The van der Waals surface area contributed by atoms with E-state index in [1.54, 1.807) is 47.4 Å². The maximum atomic E-state index is 12.1. The van der Waals surface area contributed by atoms with Crippen LogP contribution in [0.15, 0.2) is 42.5 Å². The van der Waals surface area contributed by atoms with Gasteiger partial charge in [0.05, 0.1) is 6.04 Å². The lowest BCUT2D eigenvalue weighted by molar-refractivity contribution is -0.126. The third kappa shape index (κ3) is 2.51. The molecule has 6 heteroatoms. The van der Waals surface area contributed by atoms with Crippen molar-refractivity contribution in [3.8, 4) is 0 Å². The van der Waals surface area contributed by atoms with Crippen LogP contribution in [-0.4, -0.2) is 11.9 Å². The molecule has 0 spiro atoms. The number of anilines is 1. The lowest BCUT2D eigenvalue weighted by Gasteiger charge is -2.46. The normalized spacial score (nSPS) is 21.3. The Morgan fingerprint density at radius 1 is 0.952 bits per heavy atom. The molecule has 108 valence electrons. The van der Waals surface area contributed by atoms with Crippen LogP contribution in [0.4, 0.5) is 5.69 Å². The van der Waals surface area contributed by atoms with E-state index in [0.29, 0.717) is 15.1 Å². The minimum Gasteiger partial charge on any atom is -0.318 e. The quantitative estimate of drug-likeness (QED) is 0.837. The first-order chi connectivity index (χ1) is 9.99. The van der Waals surface area contributed by atoms with Gasteiger partial charge in [0.25, 0.3) is 0 Å². The minimum atomic E-state index is -0.612. The van der Waals surface area contributed by atoms with E-state index >= 15 is 0 Å². The molecule has 1 saturated heterocycles. The molecular weight excluding hydrogens is 331 g/mol. The Morgan fingerprint density at radius 3 is 2.19 bits per heavy atom. The number of halogens is 3. The second kappa shape index (κ2) is 5.50. The Balaban J connectivity index is 2.00. The molecular formula is C15H11Cl3N2O. The number of nitrogens with zero attached hydrogens (tertiary/aromatic N) is 1. The maximum Gasteiger partial charge on any atom is 0.247 e. The molecule has 1 heterocycles. The monoisotopic (exact) mass is 340 g/mol. The Morgan fingerprint density at radius 2 is 1.57 bits per heavy atom. The van der Waals surface area contributed by atoms with Crippen molar-refractivity contribution in [1.82, 2.24) is 0 Å². The van der Waals surface area contributed by atoms with Gasteiger partial charge in [-0.25, -0.2) is 0 Å². The molecule has 1 aliphatic heterocycles. The van der Waals surface area contributed by atoms with Gasteiger partial charge in [-0.2, -0.15) is 0 Å². The van der Waals surface area contributed by atoms with Gasteiger partial charge in [0.2, 0.25) is 5.91 Å². The van der Waals surface area contributed by atoms with E-state index < -0.39 is 6.04 Å². The Bertz CT molecular complexity index is 703. The molecule has 2 unspecified atom stereocenters. The zero-order chi connectivity index (χ0) is 15.1. The molecule has 1 aliphatic rings. The molecule has 0 radical (unpaired) electrons. The van der Waals surface area contributed by atoms with Gasteiger partial charge in [-0.05, 0) is 42.0 Å². The first-order valence-corrected chi connectivity index (χ1v) is 7.41. The van der Waals surface area contributed by atoms with E-state index in [4.69, 9.17) is 40.5 Å². The SMILES string of the molecule is NC1C(=O)N(c2ccc(Cl)cc2)C1c1ccc(Cl)cc1Cl. The number of hydrogen-bond acceptors (Lipinski definition) is 2. The largest absolute Gasteiger partial charge is 0.318 e. The lowest BCUT2D eigenvalue weighted by atomic mass is 9.88. The third-order valence-electron chi connectivity index (χ3n) is 3.53. The van der Waals surface area contributed by atoms with Crippen molar-refractivity contribution in [2.75, 3.05) is 4.90 Å². The highest BCUT2D eigenvalue weighted by molar-refractivity contribution is 6.35. The van der Waals surface area contributed by atoms with E-state index in [-0.39, 0.29) is 11.9 Å². The number of carbonyl (C=O) groups is 1. The van der Waals surface area contributed by atoms with Crippen LogP contribution in [0.5, 0.6) is 0 Å². The van der Waals surface area contributed by atoms with Gasteiger partial charge in [0, 0.05) is 20.8 Å². The van der Waals surface area contributed by atoms with Crippen molar-refractivity contribution in [2.45, 2.75) is 12.1 Å². The minimum absolute atomic E-state index is 0.145. The predicted octanol–water partition coefficient (Wildman–Crippen LogP) is 4.06. The van der Waals surface area contributed by atoms with Crippen LogP contribution in [0, 0.1) is 0 Å². The van der Waals surface area contributed by atoms with Gasteiger partial charge >= 0.3 is 0 Å². The van der Waals surface area contributed by atoms with Crippen molar-refractivity contribution in [2.24, 2.45) is 5.73 Å². The van der Waals surface area contributed by atoms with E-state index in [1.807, 2.05) is 0 Å². The molecule has 0 aliphatic carbocycles. The summed E-state index contributed by atoms with van der Waals surface area (Å²) < 4.78 is 0. The molecule has 2 N–H and O–H groups in total. The van der Waals surface area contributed by atoms with Crippen LogP contribution in [0.3, 0.4) is 0 Å². The van der Waals surface area contributed by atoms with E-state index in [1.165, 1.54) is 0 Å². The molecule has 3 rings (SSSR count). The van der Waals surface area contributed by atoms with Crippen LogP contribution >= 0.6 is 34.8 Å². The van der Waals surface area contributed by atoms with E-state index in [2.05, 4.69) is 0 Å². The van der Waals surface area contributed by atoms with E-state index in [0.717, 1.165) is 11.3 Å². The van der Waals surface area contributed by atoms with E-state index in [9.17, 15) is 4.79 Å². The molecule has 0 saturated carbocycles. The molecule has 2 aromatic rings. The fourth-order valence-corrected chi connectivity index (χ4v) is 3.12. The molecule has 0 bridgehead atoms. The molecule has 3 nitrogen and oxygen atoms in total. The fourth-order valence-electron chi connectivity index (χ4n) is 2.47. The highest BCUT2D eigenvalue weighted by Crippen LogP contribution is 2.41. The van der Waals surface area contributed by atoms with Gasteiger partial charge in [0.1, 0.15) is 6.04 Å². The van der Waals surface area contributed by atoms with Crippen LogP contribution in [0.1, 0.15) is 11.6 Å². The molecule has 21 heavy (non-hydrogen) atoms. The summed E-state index contributed by atoms with van der Waals surface area (Å²) in [4.78, 5) is 13.7. The molecule has 2 atom stereocenters. The Kier molecular flexibility index (Phi) is 3.84. The van der Waals surface area contributed by atoms with Crippen LogP contribution in [0.2, 0.25) is 15.1 Å². The van der Waals surface area contributed by atoms with Gasteiger partial charge in [-0.3, -0.25) is 4.79 Å². The number of β-lactam (4-membered cyclic amide) rings is 1. The van der Waals surface area contributed by atoms with Crippen molar-refractivity contribution in [1.29, 1.82) is 0 Å². The lowest BCUT2D eigenvalue weighted by Crippen LogP contribution is -2.63. The maximum absolute atomic E-state index is 12.1. The number of carbonyl (C=O) groups excluding carboxylic acids is 1. The first-order valence-electron chi connectivity index (χ1n) is 6.28. The summed E-state index contributed by atoms with van der Waals surface area (Å²) >= 11 is 18.0. The summed E-state index contributed by atoms with van der Waals surface area (Å²) in [7, 11) is 0. The summed E-state index contributed by atoms with van der Waals surface area (Å²) in [5.41, 5.74) is 7.47. The van der Waals surface area contributed by atoms with Crippen LogP contribution in [-0.2, 0) is 4.79 Å². The standard InChI is InChI=1S/C15H11Cl3N2O/c16-8-1-4-10(5-2-8)20-14(13(19)15(20)21)11-6-3-9(17)7-12(11)18/h1-7,13-14H,19H2. The fraction of sp³-hybridized carbons (Fsp3) is 0.133. The van der Waals surface area contributed by atoms with Gasteiger partial charge in [-0.15, -0.1) is 0 Å². The highest BCUT2D eigenvalue weighted by atomic mass is 35.5. The third-order valence-corrected chi connectivity index (χ3v) is 4.34. The summed E-state index contributed by atoms with van der Waals surface area (Å²) in [6, 6.07) is 11.3. The molecule has 0 aromatic heterocycles. The molecule has 1 fully saturated rings. The second-order valence-electron chi connectivity index (χ2n) is 4.82. The Hall–Kier alpha value is -1.26. The van der Waals surface area contributed by atoms with Gasteiger partial charge < -0.3 is 10.6 Å². The topological polar surface area (TPSA) is 46.3 Å². The summed E-state index contributed by atoms with van der Waals surface area (Å²) in [6.07, 6.45) is 0. The number of benzene rings is 2. The predicted molar refractivity (Wildman–Crippen MR) is 86.1 cm³/mol. The summed E-state index contributed by atoms with van der Waals surface area (Å²) in [5, 5.41) is 1.65. The summed E-state index contributed by atoms with van der Waals surface area (Å²) in [6.45, 7) is 0. The second-order valence-corrected chi connectivity index (χ2v) is 6.10. The zero-order valence-electron chi connectivity index (χ0n) is 10.8. The first kappa shape index (κ1) is 14.7. The zero-order valence-corrected chi connectivity index (χ0v) is 13.0. The Labute approximate surface area is 137 Å². The number of nitrogens with two attached hydrogens (primary N) is 1. The highest BCUT2D eigenvalue weighted by Gasteiger charge is 2.47. The smallest absolute Gasteiger partial charge is 0.247 e. The van der Waals surface area contributed by atoms with Gasteiger partial charge in [-0.1, -0.05) is 40.9 Å². The average molecular weight is 342 g/mol. The molecule has 2 aromatic carbocycles. The number of rotatable bonds is 2. The van der Waals surface area contributed by atoms with Gasteiger partial charge in [0.15, 0.2) is 0 Å². The van der Waals surface area contributed by atoms with Crippen molar-refractivity contribution >= 4 is 46.4 Å². The number of amides is 1. The molecule has 1 amide bonds. The summed E-state index contributed by atoms with van der Waals surface area (Å²) in [5.74, 6) is -0.145. The van der Waals surface area contributed by atoms with Crippen LogP contribution in [0.25, 0.3) is 0 Å².